The molecule has 1 heterocycles. The van der Waals surface area contributed by atoms with Crippen molar-refractivity contribution in [3.05, 3.63) is 58.7 Å². The number of carbonyl (C=O) groups is 2. The molecule has 0 unspecified atom stereocenters. The second-order valence-electron chi connectivity index (χ2n) is 8.99. The van der Waals surface area contributed by atoms with E-state index in [4.69, 9.17) is 9.47 Å². The average Bonchev–Trinajstić information content (AvgIpc) is 3.11. The molecular formula is C27H37BrO10. The summed E-state index contributed by atoms with van der Waals surface area (Å²) in [5.74, 6) is -0.884. The number of aliphatic hydroxyl groups excluding tert-OH is 4. The van der Waals surface area contributed by atoms with E-state index in [-0.39, 0.29) is 35.1 Å². The van der Waals surface area contributed by atoms with Crippen molar-refractivity contribution in [1.82, 2.24) is 0 Å². The SMILES string of the molecule is CC/C=C\C/C=C\C[C@@]1(O)C=C(Br)C(=O)C1=C/C=C/[C@H](CCC(=O)OC)O[C@H]1O[C@H](CO)[C@@H](O)[C@H](O)[C@H]1O. The van der Waals surface area contributed by atoms with E-state index in [1.807, 2.05) is 25.2 Å². The number of methoxy groups -OCH3 is 1. The Morgan fingerprint density at radius 3 is 2.55 bits per heavy atom. The molecular weight excluding hydrogens is 564 g/mol. The number of ketones is 1. The van der Waals surface area contributed by atoms with Gasteiger partial charge in [-0.1, -0.05) is 49.5 Å². The molecule has 0 bridgehead atoms. The van der Waals surface area contributed by atoms with E-state index in [1.54, 1.807) is 6.08 Å². The second kappa shape index (κ2) is 15.6. The van der Waals surface area contributed by atoms with Gasteiger partial charge in [-0.3, -0.25) is 9.59 Å². The van der Waals surface area contributed by atoms with E-state index in [0.717, 1.165) is 6.42 Å². The zero-order valence-electron chi connectivity index (χ0n) is 21.5. The van der Waals surface area contributed by atoms with Gasteiger partial charge in [-0.25, -0.2) is 0 Å². The summed E-state index contributed by atoms with van der Waals surface area (Å²) in [7, 11) is 1.24. The van der Waals surface area contributed by atoms with Crippen LogP contribution in [0.25, 0.3) is 0 Å². The number of halogens is 1. The Bertz CT molecular complexity index is 954. The van der Waals surface area contributed by atoms with E-state index < -0.39 is 55.0 Å². The van der Waals surface area contributed by atoms with Crippen LogP contribution in [0.4, 0.5) is 0 Å². The number of hydrogen-bond donors (Lipinski definition) is 5. The fourth-order valence-electron chi connectivity index (χ4n) is 3.97. The summed E-state index contributed by atoms with van der Waals surface area (Å²) in [6.07, 6.45) is 7.25. The number of Topliss-reactive ketones (excluding diaryl/α,β-unsaturated/α-hetero) is 1. The van der Waals surface area contributed by atoms with Crippen LogP contribution in [0.5, 0.6) is 0 Å². The molecule has 0 radical (unpaired) electrons. The van der Waals surface area contributed by atoms with Gasteiger partial charge in [-0.15, -0.1) is 0 Å². The van der Waals surface area contributed by atoms with Gasteiger partial charge >= 0.3 is 5.97 Å². The number of carbonyl (C=O) groups excluding carboxylic acids is 2. The van der Waals surface area contributed by atoms with Gasteiger partial charge in [0, 0.05) is 18.4 Å². The molecule has 0 saturated carbocycles. The first kappa shape index (κ1) is 32.3. The van der Waals surface area contributed by atoms with Gasteiger partial charge in [-0.2, -0.15) is 0 Å². The minimum atomic E-state index is -1.63. The van der Waals surface area contributed by atoms with E-state index in [1.165, 1.54) is 31.4 Å². The third-order valence-electron chi connectivity index (χ3n) is 6.17. The normalized spacial score (nSPS) is 32.1. The summed E-state index contributed by atoms with van der Waals surface area (Å²) < 4.78 is 16.1. The Kier molecular flexibility index (Phi) is 13.2. The molecule has 1 fully saturated rings. The van der Waals surface area contributed by atoms with Crippen molar-refractivity contribution in [2.75, 3.05) is 13.7 Å². The number of aliphatic hydroxyl groups is 5. The number of allylic oxidation sites excluding steroid dienone is 6. The average molecular weight is 601 g/mol. The monoisotopic (exact) mass is 600 g/mol. The van der Waals surface area contributed by atoms with Gasteiger partial charge < -0.3 is 39.7 Å². The first-order valence-electron chi connectivity index (χ1n) is 12.4. The van der Waals surface area contributed by atoms with Crippen LogP contribution in [-0.4, -0.2) is 93.4 Å². The van der Waals surface area contributed by atoms with Crippen molar-refractivity contribution < 1.29 is 49.3 Å². The van der Waals surface area contributed by atoms with E-state index in [2.05, 4.69) is 20.7 Å². The Labute approximate surface area is 230 Å². The lowest BCUT2D eigenvalue weighted by Crippen LogP contribution is -2.59. The van der Waals surface area contributed by atoms with Gasteiger partial charge in [0.05, 0.1) is 24.3 Å². The van der Waals surface area contributed by atoms with Crippen LogP contribution < -0.4 is 0 Å². The van der Waals surface area contributed by atoms with Crippen LogP contribution in [0.3, 0.4) is 0 Å². The highest BCUT2D eigenvalue weighted by atomic mass is 79.9. The molecule has 0 aromatic carbocycles. The van der Waals surface area contributed by atoms with Crippen molar-refractivity contribution in [2.24, 2.45) is 0 Å². The highest BCUT2D eigenvalue weighted by Crippen LogP contribution is 2.36. The van der Waals surface area contributed by atoms with Crippen molar-refractivity contribution in [3.63, 3.8) is 0 Å². The van der Waals surface area contributed by atoms with E-state index >= 15 is 0 Å². The standard InChI is InChI=1S/C27H37BrO10/c1-3-4-5-6-7-8-14-27(35)15-19(28)22(31)18(27)11-9-10-17(12-13-21(30)36-2)37-26-25(34)24(33)23(32)20(16-29)38-26/h4-5,7-11,15,17,20,23-26,29,32-35H,3,6,12-14,16H2,1-2H3/b5-4-,8-7-,10-9+,18-11?/t17-,20-,23-,24+,25-,26+,27-/m1/s1. The maximum absolute atomic E-state index is 12.7. The molecule has 2 aliphatic rings. The Hall–Kier alpha value is -1.96. The third-order valence-corrected chi connectivity index (χ3v) is 6.76. The highest BCUT2D eigenvalue weighted by molar-refractivity contribution is 9.12. The highest BCUT2D eigenvalue weighted by Gasteiger charge is 2.44. The minimum absolute atomic E-state index is 0.0489. The molecule has 2 rings (SSSR count). The summed E-state index contributed by atoms with van der Waals surface area (Å²) in [6, 6.07) is 0. The Balaban J connectivity index is 2.21. The molecule has 1 aliphatic heterocycles. The molecule has 1 saturated heterocycles. The Morgan fingerprint density at radius 1 is 1.18 bits per heavy atom. The molecule has 7 atom stereocenters. The van der Waals surface area contributed by atoms with Crippen LogP contribution in [0.15, 0.2) is 58.7 Å². The lowest BCUT2D eigenvalue weighted by molar-refractivity contribution is -0.307. The largest absolute Gasteiger partial charge is 0.469 e. The van der Waals surface area contributed by atoms with Crippen molar-refractivity contribution in [1.29, 1.82) is 0 Å². The predicted octanol–water partition coefficient (Wildman–Crippen LogP) is 1.50. The van der Waals surface area contributed by atoms with E-state index in [9.17, 15) is 35.1 Å². The molecule has 212 valence electrons. The number of rotatable bonds is 13. The van der Waals surface area contributed by atoms with Crippen molar-refractivity contribution in [3.8, 4) is 0 Å². The molecule has 11 heteroatoms. The van der Waals surface area contributed by atoms with Crippen LogP contribution in [0, 0.1) is 0 Å². The van der Waals surface area contributed by atoms with E-state index in [0.29, 0.717) is 6.42 Å². The smallest absolute Gasteiger partial charge is 0.305 e. The topological polar surface area (TPSA) is 163 Å². The van der Waals surface area contributed by atoms with Crippen molar-refractivity contribution >= 4 is 27.7 Å². The zero-order chi connectivity index (χ0) is 28.3. The first-order valence-corrected chi connectivity index (χ1v) is 13.2. The number of hydrogen-bond acceptors (Lipinski definition) is 10. The maximum atomic E-state index is 12.7. The molecule has 0 amide bonds. The predicted molar refractivity (Wildman–Crippen MR) is 142 cm³/mol. The van der Waals surface area contributed by atoms with Gasteiger partial charge in [-0.05, 0) is 41.3 Å². The summed E-state index contributed by atoms with van der Waals surface area (Å²) in [5, 5.41) is 50.9. The van der Waals surface area contributed by atoms with Crippen LogP contribution >= 0.6 is 15.9 Å². The zero-order valence-corrected chi connectivity index (χ0v) is 23.1. The first-order chi connectivity index (χ1) is 18.1. The van der Waals surface area contributed by atoms with Gasteiger partial charge in [0.15, 0.2) is 12.1 Å². The quantitative estimate of drug-likeness (QED) is 0.119. The fourth-order valence-corrected chi connectivity index (χ4v) is 4.56. The van der Waals surface area contributed by atoms with Gasteiger partial charge in [0.1, 0.15) is 30.0 Å². The minimum Gasteiger partial charge on any atom is -0.469 e. The van der Waals surface area contributed by atoms with Gasteiger partial charge in [0.2, 0.25) is 0 Å². The molecule has 5 N–H and O–H groups in total. The Morgan fingerprint density at radius 2 is 1.89 bits per heavy atom. The maximum Gasteiger partial charge on any atom is 0.305 e. The molecule has 1 aliphatic carbocycles. The lowest BCUT2D eigenvalue weighted by atomic mass is 9.92. The van der Waals surface area contributed by atoms with Crippen LogP contribution in [0.1, 0.15) is 39.0 Å². The molecule has 10 nitrogen and oxygen atoms in total. The summed E-state index contributed by atoms with van der Waals surface area (Å²) >= 11 is 3.19. The summed E-state index contributed by atoms with van der Waals surface area (Å²) in [5.41, 5.74) is -1.39. The van der Waals surface area contributed by atoms with Crippen LogP contribution in [-0.2, 0) is 23.8 Å². The summed E-state index contributed by atoms with van der Waals surface area (Å²) in [4.78, 5) is 24.4. The third kappa shape index (κ3) is 8.78. The molecule has 0 aromatic rings. The lowest BCUT2D eigenvalue weighted by Gasteiger charge is -2.40. The van der Waals surface area contributed by atoms with Crippen molar-refractivity contribution in [2.45, 2.75) is 81.4 Å². The molecule has 38 heavy (non-hydrogen) atoms. The fraction of sp³-hybridized carbons (Fsp3) is 0.556. The summed E-state index contributed by atoms with van der Waals surface area (Å²) in [6.45, 7) is 1.42. The second-order valence-corrected chi connectivity index (χ2v) is 9.84. The molecule has 0 aromatic heterocycles. The number of esters is 1. The van der Waals surface area contributed by atoms with Gasteiger partial charge in [0.25, 0.3) is 0 Å². The molecule has 0 spiro atoms. The van der Waals surface area contributed by atoms with Crippen LogP contribution in [0.2, 0.25) is 0 Å². The number of ether oxygens (including phenoxy) is 3.